The summed E-state index contributed by atoms with van der Waals surface area (Å²) in [6, 6.07) is 13.5. The molecule has 1 aliphatic rings. The number of para-hydroxylation sites is 1. The third-order valence-electron chi connectivity index (χ3n) is 4.29. The molecule has 0 aliphatic carbocycles. The van der Waals surface area contributed by atoms with E-state index >= 15 is 0 Å². The van der Waals surface area contributed by atoms with Gasteiger partial charge < -0.3 is 15.4 Å². The molecule has 0 radical (unpaired) electrons. The van der Waals surface area contributed by atoms with Crippen LogP contribution in [-0.2, 0) is 6.42 Å². The number of anilines is 1. The summed E-state index contributed by atoms with van der Waals surface area (Å²) >= 11 is 0. The van der Waals surface area contributed by atoms with Gasteiger partial charge in [0.05, 0.1) is 13.2 Å². The maximum Gasteiger partial charge on any atom is 0.252 e. The Morgan fingerprint density at radius 3 is 2.87 bits per heavy atom. The highest BCUT2D eigenvalue weighted by molar-refractivity contribution is 5.97. The fourth-order valence-electron chi connectivity index (χ4n) is 3.10. The smallest absolute Gasteiger partial charge is 0.252 e. The summed E-state index contributed by atoms with van der Waals surface area (Å²) in [6.07, 6.45) is 1.99. The molecule has 0 bridgehead atoms. The summed E-state index contributed by atoms with van der Waals surface area (Å²) in [7, 11) is 1.65. The topological polar surface area (TPSA) is 50.4 Å². The lowest BCUT2D eigenvalue weighted by atomic mass is 9.96. The van der Waals surface area contributed by atoms with Gasteiger partial charge in [-0.2, -0.15) is 0 Å². The minimum Gasteiger partial charge on any atom is -0.496 e. The van der Waals surface area contributed by atoms with E-state index in [0.29, 0.717) is 0 Å². The number of carbonyl (C=O) groups excluding carboxylic acids is 1. The average molecular weight is 310 g/mol. The summed E-state index contributed by atoms with van der Waals surface area (Å²) in [5, 5.41) is 6.45. The number of rotatable bonds is 4. The second-order valence-corrected chi connectivity index (χ2v) is 5.80. The lowest BCUT2D eigenvalue weighted by molar-refractivity contribution is 0.0938. The van der Waals surface area contributed by atoms with E-state index in [9.17, 15) is 4.79 Å². The third kappa shape index (κ3) is 3.16. The number of nitrogens with one attached hydrogen (secondary N) is 2. The van der Waals surface area contributed by atoms with Crippen molar-refractivity contribution < 1.29 is 9.53 Å². The van der Waals surface area contributed by atoms with Crippen molar-refractivity contribution in [3.63, 3.8) is 0 Å². The third-order valence-corrected chi connectivity index (χ3v) is 4.29. The molecule has 23 heavy (non-hydrogen) atoms. The molecule has 2 N–H and O–H groups in total. The molecule has 4 heteroatoms. The van der Waals surface area contributed by atoms with E-state index in [4.69, 9.17) is 4.74 Å². The Hall–Kier alpha value is -2.49. The minimum absolute atomic E-state index is 0.0380. The van der Waals surface area contributed by atoms with Crippen molar-refractivity contribution in [3.05, 3.63) is 59.2 Å². The summed E-state index contributed by atoms with van der Waals surface area (Å²) < 4.78 is 5.38. The van der Waals surface area contributed by atoms with Crippen LogP contribution in [0.25, 0.3) is 0 Å². The van der Waals surface area contributed by atoms with Gasteiger partial charge in [-0.15, -0.1) is 0 Å². The highest BCUT2D eigenvalue weighted by Crippen LogP contribution is 2.27. The molecule has 0 saturated carbocycles. The van der Waals surface area contributed by atoms with Gasteiger partial charge in [0.1, 0.15) is 5.75 Å². The quantitative estimate of drug-likeness (QED) is 0.908. The molecule has 0 saturated heterocycles. The summed E-state index contributed by atoms with van der Waals surface area (Å²) in [5.41, 5.74) is 3.93. The first-order valence-electron chi connectivity index (χ1n) is 8.00. The van der Waals surface area contributed by atoms with Crippen LogP contribution in [0.15, 0.2) is 42.5 Å². The maximum atomic E-state index is 12.7. The minimum atomic E-state index is -0.119. The molecule has 120 valence electrons. The fraction of sp³-hybridized carbons (Fsp3) is 0.316. The van der Waals surface area contributed by atoms with Crippen LogP contribution in [0.2, 0.25) is 0 Å². The van der Waals surface area contributed by atoms with Crippen molar-refractivity contribution in [1.29, 1.82) is 0 Å². The van der Waals surface area contributed by atoms with Gasteiger partial charge in [0, 0.05) is 23.4 Å². The molecule has 1 heterocycles. The number of methoxy groups -OCH3 is 1. The highest BCUT2D eigenvalue weighted by Gasteiger charge is 2.20. The number of ether oxygens (including phenoxy) is 1. The first-order chi connectivity index (χ1) is 11.2. The molecular formula is C19H22N2O2. The Balaban J connectivity index is 1.82. The van der Waals surface area contributed by atoms with E-state index in [-0.39, 0.29) is 11.9 Å². The predicted molar refractivity (Wildman–Crippen MR) is 92.1 cm³/mol. The van der Waals surface area contributed by atoms with Crippen LogP contribution in [0.5, 0.6) is 5.75 Å². The number of carbonyl (C=O) groups is 1. The van der Waals surface area contributed by atoms with Crippen LogP contribution in [0.4, 0.5) is 5.69 Å². The van der Waals surface area contributed by atoms with Crippen molar-refractivity contribution >= 4 is 11.6 Å². The van der Waals surface area contributed by atoms with Gasteiger partial charge in [0.15, 0.2) is 0 Å². The van der Waals surface area contributed by atoms with Crippen molar-refractivity contribution in [2.75, 3.05) is 19.0 Å². The average Bonchev–Trinajstić information content (AvgIpc) is 2.61. The molecule has 1 aliphatic heterocycles. The monoisotopic (exact) mass is 310 g/mol. The van der Waals surface area contributed by atoms with Crippen molar-refractivity contribution in [2.45, 2.75) is 25.8 Å². The zero-order valence-corrected chi connectivity index (χ0v) is 13.6. The molecule has 2 aromatic carbocycles. The Morgan fingerprint density at radius 1 is 1.22 bits per heavy atom. The van der Waals surface area contributed by atoms with Crippen molar-refractivity contribution in [2.24, 2.45) is 0 Å². The molecular weight excluding hydrogens is 288 g/mol. The summed E-state index contributed by atoms with van der Waals surface area (Å²) in [5.74, 6) is 0.751. The Kier molecular flexibility index (Phi) is 4.51. The molecule has 2 aromatic rings. The lowest BCUT2D eigenvalue weighted by Gasteiger charge is -2.22. The van der Waals surface area contributed by atoms with Gasteiger partial charge in [-0.3, -0.25) is 4.79 Å². The number of benzene rings is 2. The fourth-order valence-corrected chi connectivity index (χ4v) is 3.10. The molecule has 1 unspecified atom stereocenters. The van der Waals surface area contributed by atoms with Gasteiger partial charge in [0.25, 0.3) is 5.91 Å². The van der Waals surface area contributed by atoms with E-state index in [2.05, 4.69) is 10.6 Å². The first kappa shape index (κ1) is 15.4. The van der Waals surface area contributed by atoms with Gasteiger partial charge in [-0.1, -0.05) is 24.3 Å². The zero-order chi connectivity index (χ0) is 16.2. The summed E-state index contributed by atoms with van der Waals surface area (Å²) in [6.45, 7) is 2.94. The second kappa shape index (κ2) is 6.73. The standard InChI is InChI=1S/C19H22N2O2/c1-13(14-7-3-4-11-18(14)23-2)21-19(22)16-8-5-10-17-15(16)9-6-12-20-17/h3-5,7-8,10-11,13,20H,6,9,12H2,1-2H3,(H,21,22). The molecule has 0 fully saturated rings. The van der Waals surface area contributed by atoms with Crippen LogP contribution < -0.4 is 15.4 Å². The number of hydrogen-bond donors (Lipinski definition) is 2. The van der Waals surface area contributed by atoms with Crippen molar-refractivity contribution in [1.82, 2.24) is 5.32 Å². The van der Waals surface area contributed by atoms with E-state index in [1.54, 1.807) is 7.11 Å². The number of hydrogen-bond acceptors (Lipinski definition) is 3. The van der Waals surface area contributed by atoms with Crippen LogP contribution in [0, 0.1) is 0 Å². The number of amides is 1. The molecule has 1 atom stereocenters. The van der Waals surface area contributed by atoms with Crippen LogP contribution in [0.3, 0.4) is 0 Å². The van der Waals surface area contributed by atoms with Gasteiger partial charge in [-0.05, 0) is 43.5 Å². The summed E-state index contributed by atoms with van der Waals surface area (Å²) in [4.78, 5) is 12.7. The molecule has 0 spiro atoms. The lowest BCUT2D eigenvalue weighted by Crippen LogP contribution is -2.28. The van der Waals surface area contributed by atoms with E-state index in [0.717, 1.165) is 47.5 Å². The Morgan fingerprint density at radius 2 is 2.04 bits per heavy atom. The second-order valence-electron chi connectivity index (χ2n) is 5.80. The molecule has 3 rings (SSSR count). The first-order valence-corrected chi connectivity index (χ1v) is 8.00. The largest absolute Gasteiger partial charge is 0.496 e. The highest BCUT2D eigenvalue weighted by atomic mass is 16.5. The van der Waals surface area contributed by atoms with E-state index in [1.807, 2.05) is 49.4 Å². The predicted octanol–water partition coefficient (Wildman–Crippen LogP) is 3.54. The Bertz CT molecular complexity index is 712. The Labute approximate surface area is 136 Å². The molecule has 0 aromatic heterocycles. The van der Waals surface area contributed by atoms with E-state index < -0.39 is 0 Å². The van der Waals surface area contributed by atoms with Crippen LogP contribution >= 0.6 is 0 Å². The zero-order valence-electron chi connectivity index (χ0n) is 13.6. The van der Waals surface area contributed by atoms with Gasteiger partial charge in [-0.25, -0.2) is 0 Å². The normalized spacial score (nSPS) is 14.3. The van der Waals surface area contributed by atoms with Crippen molar-refractivity contribution in [3.8, 4) is 5.75 Å². The SMILES string of the molecule is COc1ccccc1C(C)NC(=O)c1cccc2c1CCCN2. The van der Waals surface area contributed by atoms with Gasteiger partial charge in [0.2, 0.25) is 0 Å². The molecule has 1 amide bonds. The number of fused-ring (bicyclic) bond motifs is 1. The van der Waals surface area contributed by atoms with Crippen LogP contribution in [0.1, 0.15) is 40.9 Å². The van der Waals surface area contributed by atoms with Gasteiger partial charge >= 0.3 is 0 Å². The van der Waals surface area contributed by atoms with Crippen LogP contribution in [-0.4, -0.2) is 19.6 Å². The molecule has 4 nitrogen and oxygen atoms in total. The van der Waals surface area contributed by atoms with E-state index in [1.165, 1.54) is 0 Å². The maximum absolute atomic E-state index is 12.7.